The molecule has 3 aromatic rings. The molecule has 0 aliphatic heterocycles. The number of rotatable bonds is 6. The molecule has 0 radical (unpaired) electrons. The van der Waals surface area contributed by atoms with Crippen LogP contribution in [0.25, 0.3) is 11.3 Å². The summed E-state index contributed by atoms with van der Waals surface area (Å²) in [6.45, 7) is 3.81. The van der Waals surface area contributed by atoms with Gasteiger partial charge in [-0.2, -0.15) is 0 Å². The van der Waals surface area contributed by atoms with Crippen molar-refractivity contribution in [2.45, 2.75) is 18.7 Å². The number of carbonyl (C=O) groups is 1. The number of aromatic nitrogens is 1. The third kappa shape index (κ3) is 4.58. The third-order valence-electron chi connectivity index (χ3n) is 4.14. The lowest BCUT2D eigenvalue weighted by molar-refractivity contribution is -0.113. The maximum Gasteiger partial charge on any atom is 0.241 e. The second-order valence-electron chi connectivity index (χ2n) is 6.34. The Hall–Kier alpha value is -2.71. The van der Waals surface area contributed by atoms with Crippen molar-refractivity contribution in [3.63, 3.8) is 0 Å². The van der Waals surface area contributed by atoms with E-state index in [1.54, 1.807) is 19.2 Å². The molecule has 3 rings (SSSR count). The normalized spacial score (nSPS) is 11.2. The Bertz CT molecular complexity index is 1100. The van der Waals surface area contributed by atoms with Crippen LogP contribution in [-0.4, -0.2) is 32.2 Å². The number of anilines is 1. The van der Waals surface area contributed by atoms with Crippen LogP contribution in [0.3, 0.4) is 0 Å². The predicted octanol–water partition coefficient (Wildman–Crippen LogP) is 3.85. The van der Waals surface area contributed by atoms with Gasteiger partial charge in [-0.05, 0) is 49.7 Å². The molecule has 8 heteroatoms. The number of carbonyl (C=O) groups excluding carboxylic acids is 1. The Morgan fingerprint density at radius 3 is 2.50 bits per heavy atom. The molecule has 0 bridgehead atoms. The minimum Gasteiger partial charge on any atom is -0.496 e. The molecule has 0 saturated carbocycles. The first kappa shape index (κ1) is 20.0. The van der Waals surface area contributed by atoms with Crippen molar-refractivity contribution in [3.8, 4) is 17.0 Å². The molecule has 2 aromatic carbocycles. The first-order valence-corrected chi connectivity index (χ1v) is 11.0. The fourth-order valence-corrected chi connectivity index (χ4v) is 4.53. The van der Waals surface area contributed by atoms with E-state index in [-0.39, 0.29) is 4.90 Å². The molecule has 0 aliphatic rings. The number of hydrogen-bond donors (Lipinski definition) is 1. The summed E-state index contributed by atoms with van der Waals surface area (Å²) in [6, 6.07) is 12.1. The number of nitrogens with zero attached hydrogens (tertiary/aromatic N) is 1. The van der Waals surface area contributed by atoms with Gasteiger partial charge in [0.1, 0.15) is 11.5 Å². The molecule has 146 valence electrons. The van der Waals surface area contributed by atoms with Crippen LogP contribution in [-0.2, 0) is 14.6 Å². The van der Waals surface area contributed by atoms with E-state index < -0.39 is 21.5 Å². The maximum absolute atomic E-state index is 12.4. The minimum absolute atomic E-state index is 0.127. The molecule has 1 heterocycles. The van der Waals surface area contributed by atoms with Crippen LogP contribution >= 0.6 is 11.3 Å². The fraction of sp³-hybridized carbons (Fsp3) is 0.200. The van der Waals surface area contributed by atoms with Crippen molar-refractivity contribution >= 4 is 32.2 Å². The Morgan fingerprint density at radius 1 is 1.14 bits per heavy atom. The molecule has 0 atom stereocenters. The van der Waals surface area contributed by atoms with Crippen LogP contribution in [0, 0.1) is 13.8 Å². The van der Waals surface area contributed by atoms with Crippen LogP contribution in [0.5, 0.6) is 5.75 Å². The molecule has 1 N–H and O–H groups in total. The molecule has 0 spiro atoms. The predicted molar refractivity (Wildman–Crippen MR) is 111 cm³/mol. The zero-order valence-corrected chi connectivity index (χ0v) is 17.4. The minimum atomic E-state index is -3.70. The van der Waals surface area contributed by atoms with Gasteiger partial charge >= 0.3 is 0 Å². The highest BCUT2D eigenvalue weighted by Gasteiger charge is 2.20. The van der Waals surface area contributed by atoms with Crippen LogP contribution < -0.4 is 10.1 Å². The van der Waals surface area contributed by atoms with E-state index in [2.05, 4.69) is 10.3 Å². The number of ether oxygens (including phenoxy) is 1. The standard InChI is InChI=1S/C20H20N2O4S2/c1-13-4-7-16(8-5-13)28(24,25)12-19(23)22-20-21-17(11-27-20)15-6-9-18(26-3)14(2)10-15/h4-11H,12H2,1-3H3,(H,21,22,23). The van der Waals surface area contributed by atoms with E-state index in [1.165, 1.54) is 23.5 Å². The molecule has 6 nitrogen and oxygen atoms in total. The summed E-state index contributed by atoms with van der Waals surface area (Å²) in [5.74, 6) is -0.465. The van der Waals surface area contributed by atoms with E-state index in [1.807, 2.05) is 37.4 Å². The average Bonchev–Trinajstić information content (AvgIpc) is 3.09. The number of thiazole rings is 1. The number of hydrogen-bond acceptors (Lipinski definition) is 6. The zero-order valence-electron chi connectivity index (χ0n) is 15.7. The highest BCUT2D eigenvalue weighted by molar-refractivity contribution is 7.92. The van der Waals surface area contributed by atoms with Crippen molar-refractivity contribution in [1.82, 2.24) is 4.98 Å². The number of methoxy groups -OCH3 is 1. The first-order valence-electron chi connectivity index (χ1n) is 8.48. The molecule has 0 fully saturated rings. The second-order valence-corrected chi connectivity index (χ2v) is 9.19. The van der Waals surface area contributed by atoms with E-state index in [4.69, 9.17) is 4.74 Å². The summed E-state index contributed by atoms with van der Waals surface area (Å²) in [5, 5.41) is 4.74. The Labute approximate surface area is 168 Å². The summed E-state index contributed by atoms with van der Waals surface area (Å²) in [4.78, 5) is 16.7. The monoisotopic (exact) mass is 416 g/mol. The molecular formula is C20H20N2O4S2. The van der Waals surface area contributed by atoms with Crippen molar-refractivity contribution in [2.75, 3.05) is 18.2 Å². The fourth-order valence-electron chi connectivity index (χ4n) is 2.66. The lowest BCUT2D eigenvalue weighted by Gasteiger charge is -2.06. The van der Waals surface area contributed by atoms with E-state index in [0.717, 1.165) is 22.4 Å². The van der Waals surface area contributed by atoms with Gasteiger partial charge in [-0.3, -0.25) is 4.79 Å². The zero-order chi connectivity index (χ0) is 20.3. The molecule has 0 saturated heterocycles. The smallest absolute Gasteiger partial charge is 0.241 e. The Balaban J connectivity index is 1.70. The van der Waals surface area contributed by atoms with Crippen molar-refractivity contribution in [1.29, 1.82) is 0 Å². The summed E-state index contributed by atoms with van der Waals surface area (Å²) < 4.78 is 30.0. The van der Waals surface area contributed by atoms with Gasteiger partial charge in [-0.15, -0.1) is 11.3 Å². The molecule has 0 aliphatic carbocycles. The van der Waals surface area contributed by atoms with Gasteiger partial charge in [0.05, 0.1) is 17.7 Å². The first-order chi connectivity index (χ1) is 13.3. The Morgan fingerprint density at radius 2 is 1.86 bits per heavy atom. The summed E-state index contributed by atoms with van der Waals surface area (Å²) >= 11 is 1.24. The molecule has 1 aromatic heterocycles. The van der Waals surface area contributed by atoms with Crippen LogP contribution in [0.2, 0.25) is 0 Å². The van der Waals surface area contributed by atoms with Gasteiger partial charge < -0.3 is 10.1 Å². The van der Waals surface area contributed by atoms with Gasteiger partial charge in [0.25, 0.3) is 0 Å². The van der Waals surface area contributed by atoms with Gasteiger partial charge in [-0.1, -0.05) is 17.7 Å². The highest BCUT2D eigenvalue weighted by Crippen LogP contribution is 2.28. The molecule has 28 heavy (non-hydrogen) atoms. The maximum atomic E-state index is 12.4. The van der Waals surface area contributed by atoms with E-state index in [0.29, 0.717) is 10.8 Å². The highest BCUT2D eigenvalue weighted by atomic mass is 32.2. The number of nitrogens with one attached hydrogen (secondary N) is 1. The second kappa shape index (κ2) is 8.12. The van der Waals surface area contributed by atoms with Gasteiger partial charge in [0.2, 0.25) is 5.91 Å². The Kier molecular flexibility index (Phi) is 5.81. The number of aryl methyl sites for hydroxylation is 2. The van der Waals surface area contributed by atoms with Crippen LogP contribution in [0.15, 0.2) is 52.7 Å². The molecule has 1 amide bonds. The topological polar surface area (TPSA) is 85.4 Å². The quantitative estimate of drug-likeness (QED) is 0.660. The van der Waals surface area contributed by atoms with Gasteiger partial charge in [0, 0.05) is 10.9 Å². The third-order valence-corrected chi connectivity index (χ3v) is 6.53. The molecule has 0 unspecified atom stereocenters. The van der Waals surface area contributed by atoms with Gasteiger partial charge in [0.15, 0.2) is 15.0 Å². The lowest BCUT2D eigenvalue weighted by Crippen LogP contribution is -2.22. The van der Waals surface area contributed by atoms with Gasteiger partial charge in [-0.25, -0.2) is 13.4 Å². The van der Waals surface area contributed by atoms with Crippen molar-refractivity contribution in [3.05, 3.63) is 59.0 Å². The summed E-state index contributed by atoms with van der Waals surface area (Å²) in [5.41, 5.74) is 3.52. The summed E-state index contributed by atoms with van der Waals surface area (Å²) in [7, 11) is -2.09. The average molecular weight is 417 g/mol. The van der Waals surface area contributed by atoms with Crippen molar-refractivity contribution < 1.29 is 17.9 Å². The van der Waals surface area contributed by atoms with Crippen LogP contribution in [0.4, 0.5) is 5.13 Å². The van der Waals surface area contributed by atoms with Crippen LogP contribution in [0.1, 0.15) is 11.1 Å². The molecular weight excluding hydrogens is 396 g/mol. The number of sulfone groups is 1. The lowest BCUT2D eigenvalue weighted by atomic mass is 10.1. The van der Waals surface area contributed by atoms with E-state index in [9.17, 15) is 13.2 Å². The van der Waals surface area contributed by atoms with E-state index >= 15 is 0 Å². The number of amides is 1. The number of benzene rings is 2. The SMILES string of the molecule is COc1ccc(-c2csc(NC(=O)CS(=O)(=O)c3ccc(C)cc3)n2)cc1C. The summed E-state index contributed by atoms with van der Waals surface area (Å²) in [6.07, 6.45) is 0. The van der Waals surface area contributed by atoms with Crippen molar-refractivity contribution in [2.24, 2.45) is 0 Å². The largest absolute Gasteiger partial charge is 0.496 e.